The summed E-state index contributed by atoms with van der Waals surface area (Å²) in [4.78, 5) is 22.7. The van der Waals surface area contributed by atoms with Gasteiger partial charge in [0.05, 0.1) is 12.2 Å². The molecule has 6 nitrogen and oxygen atoms in total. The van der Waals surface area contributed by atoms with Crippen molar-refractivity contribution in [3.63, 3.8) is 0 Å². The summed E-state index contributed by atoms with van der Waals surface area (Å²) in [5.74, 6) is 0.0260. The van der Waals surface area contributed by atoms with Crippen LogP contribution in [-0.4, -0.2) is 11.6 Å². The van der Waals surface area contributed by atoms with E-state index in [1.165, 1.54) is 0 Å². The minimum atomic E-state index is -0.810. The van der Waals surface area contributed by atoms with Crippen molar-refractivity contribution in [3.8, 4) is 0 Å². The molecule has 0 fully saturated rings. The highest BCUT2D eigenvalue weighted by molar-refractivity contribution is 5.70. The van der Waals surface area contributed by atoms with E-state index in [4.69, 9.17) is 13.9 Å². The first-order valence-corrected chi connectivity index (χ1v) is 6.73. The molecule has 0 spiro atoms. The average Bonchev–Trinajstić information content (AvgIpc) is 2.63. The average molecular weight is 298 g/mol. The number of carbonyl (C=O) groups excluding carboxylic acids is 1. The Morgan fingerprint density at radius 2 is 1.95 bits per heavy atom. The largest absolute Gasteiger partial charge is 0.519 e. The van der Waals surface area contributed by atoms with E-state index < -0.39 is 17.4 Å². The lowest BCUT2D eigenvalue weighted by atomic mass is 10.0. The van der Waals surface area contributed by atoms with Crippen molar-refractivity contribution in [2.75, 3.05) is 0 Å². The van der Waals surface area contributed by atoms with E-state index in [0.717, 1.165) is 0 Å². The molecule has 0 atom stereocenters. The van der Waals surface area contributed by atoms with Crippen LogP contribution < -0.4 is 5.82 Å². The Labute approximate surface area is 123 Å². The number of hydrogen-bond acceptors (Lipinski definition) is 6. The molecule has 0 aliphatic rings. The number of rotatable bonds is 7. The molecular weight excluding hydrogens is 276 g/mol. The molecule has 1 aromatic rings. The molecule has 6 heteroatoms. The molecule has 0 aliphatic carbocycles. The van der Waals surface area contributed by atoms with Crippen LogP contribution in [0.5, 0.6) is 0 Å². The number of hydrogen-bond donors (Lipinski definition) is 0. The number of esters is 1. The van der Waals surface area contributed by atoms with Gasteiger partial charge in [0, 0.05) is 5.92 Å². The zero-order valence-electron chi connectivity index (χ0n) is 13.1. The molecule has 0 aliphatic heterocycles. The third-order valence-electron chi connectivity index (χ3n) is 2.82. The smallest absolute Gasteiger partial charge is 0.492 e. The molecule has 0 saturated carbocycles. The predicted molar refractivity (Wildman–Crippen MR) is 75.5 cm³/mol. The van der Waals surface area contributed by atoms with Gasteiger partial charge in [0.1, 0.15) is 5.60 Å². The fourth-order valence-corrected chi connectivity index (χ4v) is 1.56. The summed E-state index contributed by atoms with van der Waals surface area (Å²) in [5, 5.41) is 0. The third-order valence-corrected chi connectivity index (χ3v) is 2.82. The van der Waals surface area contributed by atoms with Gasteiger partial charge in [-0.05, 0) is 20.8 Å². The molecule has 1 heterocycles. The molecule has 1 rings (SSSR count). The second kappa shape index (κ2) is 6.65. The fraction of sp³-hybridized carbons (Fsp3) is 0.600. The Kier molecular flexibility index (Phi) is 5.41. The van der Waals surface area contributed by atoms with Crippen LogP contribution in [0.4, 0.5) is 0 Å². The van der Waals surface area contributed by atoms with Crippen molar-refractivity contribution in [2.24, 2.45) is 5.92 Å². The molecular formula is C15H22O6. The minimum Gasteiger partial charge on any atom is -0.492 e. The van der Waals surface area contributed by atoms with Gasteiger partial charge in [-0.25, -0.2) is 4.79 Å². The molecule has 118 valence electrons. The number of allylic oxidation sites excluding steroid dienone is 1. The third kappa shape index (κ3) is 5.49. The van der Waals surface area contributed by atoms with Gasteiger partial charge in [0.2, 0.25) is 0 Å². The monoisotopic (exact) mass is 298 g/mol. The second-order valence-corrected chi connectivity index (χ2v) is 5.75. The van der Waals surface area contributed by atoms with Crippen molar-refractivity contribution < 1.29 is 23.1 Å². The van der Waals surface area contributed by atoms with E-state index in [2.05, 4.69) is 11.0 Å². The van der Waals surface area contributed by atoms with Gasteiger partial charge < -0.3 is 18.3 Å². The quantitative estimate of drug-likeness (QED) is 0.569. The van der Waals surface area contributed by atoms with Gasteiger partial charge in [0.15, 0.2) is 18.1 Å². The van der Waals surface area contributed by atoms with Crippen LogP contribution in [0, 0.1) is 12.8 Å². The normalized spacial score (nSPS) is 11.5. The van der Waals surface area contributed by atoms with E-state index in [1.807, 2.05) is 13.8 Å². The Hall–Kier alpha value is -1.98. The highest BCUT2D eigenvalue weighted by Crippen LogP contribution is 2.22. The first-order valence-electron chi connectivity index (χ1n) is 6.73. The van der Waals surface area contributed by atoms with E-state index in [0.29, 0.717) is 11.5 Å². The van der Waals surface area contributed by atoms with Crippen LogP contribution in [0.3, 0.4) is 0 Å². The van der Waals surface area contributed by atoms with Gasteiger partial charge >= 0.3 is 11.8 Å². The maximum absolute atomic E-state index is 11.8. The maximum Gasteiger partial charge on any atom is 0.519 e. The van der Waals surface area contributed by atoms with Crippen molar-refractivity contribution in [1.29, 1.82) is 0 Å². The lowest BCUT2D eigenvalue weighted by Crippen LogP contribution is -2.29. The fourth-order valence-electron chi connectivity index (χ4n) is 1.56. The molecule has 0 saturated heterocycles. The van der Waals surface area contributed by atoms with Crippen molar-refractivity contribution in [1.82, 2.24) is 0 Å². The van der Waals surface area contributed by atoms with Crippen LogP contribution in [0.2, 0.25) is 0 Å². The Morgan fingerprint density at radius 3 is 2.43 bits per heavy atom. The van der Waals surface area contributed by atoms with Crippen LogP contribution in [-0.2, 0) is 20.9 Å². The Balaban J connectivity index is 2.51. The van der Waals surface area contributed by atoms with Gasteiger partial charge in [-0.1, -0.05) is 20.4 Å². The summed E-state index contributed by atoms with van der Waals surface area (Å²) in [6.45, 7) is 12.7. The van der Waals surface area contributed by atoms with Crippen LogP contribution in [0.1, 0.15) is 45.6 Å². The van der Waals surface area contributed by atoms with Gasteiger partial charge in [0.25, 0.3) is 0 Å². The summed E-state index contributed by atoms with van der Waals surface area (Å²) in [6, 6.07) is 0. The van der Waals surface area contributed by atoms with Gasteiger partial charge in [-0.15, -0.1) is 0 Å². The topological polar surface area (TPSA) is 78.9 Å². The molecule has 21 heavy (non-hydrogen) atoms. The van der Waals surface area contributed by atoms with E-state index in [1.54, 1.807) is 20.8 Å². The van der Waals surface area contributed by atoms with E-state index in [9.17, 15) is 9.59 Å². The molecule has 0 bridgehead atoms. The Morgan fingerprint density at radius 1 is 1.33 bits per heavy atom. The summed E-state index contributed by atoms with van der Waals surface area (Å²) in [5.41, 5.74) is -0.718. The highest BCUT2D eigenvalue weighted by atomic mass is 16.6. The summed E-state index contributed by atoms with van der Waals surface area (Å²) in [6.07, 6.45) is 0.0554. The van der Waals surface area contributed by atoms with Crippen LogP contribution in [0.25, 0.3) is 0 Å². The lowest BCUT2D eigenvalue weighted by Gasteiger charge is -2.28. The number of carbonyl (C=O) groups is 1. The summed E-state index contributed by atoms with van der Waals surface area (Å²) < 4.78 is 20.1. The van der Waals surface area contributed by atoms with Gasteiger partial charge in [-0.3, -0.25) is 4.79 Å². The molecule has 0 radical (unpaired) electrons. The Bertz CT molecular complexity index is 561. The molecule has 1 aromatic heterocycles. The predicted octanol–water partition coefficient (Wildman–Crippen LogP) is 2.94. The van der Waals surface area contributed by atoms with Crippen molar-refractivity contribution in [3.05, 3.63) is 34.5 Å². The number of ether oxygens (including phenoxy) is 2. The molecule has 0 aromatic carbocycles. The molecule has 0 N–H and O–H groups in total. The minimum absolute atomic E-state index is 0.0554. The molecule has 0 amide bonds. The van der Waals surface area contributed by atoms with Crippen LogP contribution in [0.15, 0.2) is 26.0 Å². The highest BCUT2D eigenvalue weighted by Gasteiger charge is 2.26. The SMILES string of the molecule is C=C(OC(C)(C)CC(=O)OCc1oc(=O)oc1C)C(C)C. The lowest BCUT2D eigenvalue weighted by molar-refractivity contribution is -0.150. The molecule has 0 unspecified atom stereocenters. The van der Waals surface area contributed by atoms with E-state index in [-0.39, 0.29) is 24.7 Å². The maximum atomic E-state index is 11.8. The zero-order chi connectivity index (χ0) is 16.2. The zero-order valence-corrected chi connectivity index (χ0v) is 13.1. The number of aryl methyl sites for hydroxylation is 1. The first-order chi connectivity index (χ1) is 9.60. The summed E-state index contributed by atoms with van der Waals surface area (Å²) in [7, 11) is 0. The summed E-state index contributed by atoms with van der Waals surface area (Å²) >= 11 is 0. The van der Waals surface area contributed by atoms with Crippen molar-refractivity contribution >= 4 is 5.97 Å². The first kappa shape index (κ1) is 17.1. The standard InChI is InChI=1S/C15H22O6/c1-9(2)10(3)21-15(5,6)7-13(16)18-8-12-11(4)19-14(17)20-12/h9H,3,7-8H2,1-2,4-6H3. The van der Waals surface area contributed by atoms with Crippen LogP contribution >= 0.6 is 0 Å². The van der Waals surface area contributed by atoms with Gasteiger partial charge in [-0.2, -0.15) is 0 Å². The van der Waals surface area contributed by atoms with E-state index >= 15 is 0 Å². The van der Waals surface area contributed by atoms with Crippen molar-refractivity contribution in [2.45, 2.75) is 53.2 Å². The second-order valence-electron chi connectivity index (χ2n) is 5.75.